The molecule has 1 saturated heterocycles. The van der Waals surface area contributed by atoms with E-state index in [0.717, 1.165) is 0 Å². The number of hydrogen-bond acceptors (Lipinski definition) is 6. The van der Waals surface area contributed by atoms with Crippen LogP contribution in [0.25, 0.3) is 11.5 Å². The summed E-state index contributed by atoms with van der Waals surface area (Å²) in [6.07, 6.45) is 2.35. The molecular formula is C18H23N5O3. The van der Waals surface area contributed by atoms with Gasteiger partial charge in [-0.15, -0.1) is 0 Å². The second-order valence-electron chi connectivity index (χ2n) is 7.34. The first-order valence-corrected chi connectivity index (χ1v) is 8.67. The monoisotopic (exact) mass is 357 g/mol. The molecule has 26 heavy (non-hydrogen) atoms. The normalized spacial score (nSPS) is 17.6. The van der Waals surface area contributed by atoms with Crippen LogP contribution in [0.3, 0.4) is 0 Å². The van der Waals surface area contributed by atoms with Crippen molar-refractivity contribution in [3.05, 3.63) is 30.3 Å². The van der Waals surface area contributed by atoms with Gasteiger partial charge in [0.25, 0.3) is 0 Å². The standard InChI is InChI=1S/C18H23N5O3/c1-18(2,3)23-11-12(10-15(23)24)17(25)20-9-7-14-21-16(22-26-14)13-6-4-5-8-19-13/h4-6,8,12H,7,9-11H2,1-3H3,(H,20,25). The molecule has 138 valence electrons. The molecule has 1 atom stereocenters. The van der Waals surface area contributed by atoms with E-state index in [4.69, 9.17) is 4.52 Å². The first-order chi connectivity index (χ1) is 12.3. The predicted octanol–water partition coefficient (Wildman–Crippen LogP) is 1.44. The van der Waals surface area contributed by atoms with Crippen LogP contribution in [0, 0.1) is 5.92 Å². The molecule has 0 radical (unpaired) electrons. The lowest BCUT2D eigenvalue weighted by molar-refractivity contribution is -0.132. The molecule has 3 rings (SSSR count). The second-order valence-corrected chi connectivity index (χ2v) is 7.34. The molecule has 1 unspecified atom stereocenters. The molecule has 1 fully saturated rings. The van der Waals surface area contributed by atoms with Crippen molar-refractivity contribution in [1.82, 2.24) is 25.3 Å². The van der Waals surface area contributed by atoms with E-state index in [2.05, 4.69) is 20.4 Å². The van der Waals surface area contributed by atoms with Gasteiger partial charge in [0.05, 0.1) is 5.92 Å². The minimum Gasteiger partial charge on any atom is -0.355 e. The summed E-state index contributed by atoms with van der Waals surface area (Å²) in [7, 11) is 0. The van der Waals surface area contributed by atoms with Crippen LogP contribution in [0.5, 0.6) is 0 Å². The lowest BCUT2D eigenvalue weighted by Gasteiger charge is -2.31. The quantitative estimate of drug-likeness (QED) is 0.869. The number of nitrogens with one attached hydrogen (secondary N) is 1. The highest BCUT2D eigenvalue weighted by atomic mass is 16.5. The van der Waals surface area contributed by atoms with Crippen molar-refractivity contribution in [2.75, 3.05) is 13.1 Å². The Kier molecular flexibility index (Phi) is 5.01. The maximum atomic E-state index is 12.3. The molecule has 1 aliphatic rings. The summed E-state index contributed by atoms with van der Waals surface area (Å²) < 4.78 is 5.19. The van der Waals surface area contributed by atoms with Gasteiger partial charge >= 0.3 is 0 Å². The van der Waals surface area contributed by atoms with Gasteiger partial charge in [0.15, 0.2) is 0 Å². The topological polar surface area (TPSA) is 101 Å². The number of carbonyl (C=O) groups is 2. The lowest BCUT2D eigenvalue weighted by Crippen LogP contribution is -2.43. The van der Waals surface area contributed by atoms with Crippen LogP contribution in [0.1, 0.15) is 33.1 Å². The largest absolute Gasteiger partial charge is 0.355 e. The first kappa shape index (κ1) is 18.0. The van der Waals surface area contributed by atoms with Crippen LogP contribution in [-0.4, -0.2) is 50.5 Å². The summed E-state index contributed by atoms with van der Waals surface area (Å²) in [5, 5.41) is 6.75. The molecule has 1 aliphatic heterocycles. The molecule has 0 bridgehead atoms. The smallest absolute Gasteiger partial charge is 0.228 e. The average molecular weight is 357 g/mol. The van der Waals surface area contributed by atoms with Crippen molar-refractivity contribution in [1.29, 1.82) is 0 Å². The van der Waals surface area contributed by atoms with Gasteiger partial charge in [0.1, 0.15) is 5.69 Å². The van der Waals surface area contributed by atoms with E-state index in [1.807, 2.05) is 32.9 Å². The zero-order valence-electron chi connectivity index (χ0n) is 15.2. The van der Waals surface area contributed by atoms with Gasteiger partial charge in [-0.1, -0.05) is 11.2 Å². The molecule has 2 aromatic rings. The number of aromatic nitrogens is 3. The summed E-state index contributed by atoms with van der Waals surface area (Å²) in [4.78, 5) is 34.6. The predicted molar refractivity (Wildman–Crippen MR) is 93.8 cm³/mol. The Bertz CT molecular complexity index is 782. The molecule has 0 aromatic carbocycles. The molecule has 3 heterocycles. The van der Waals surface area contributed by atoms with E-state index < -0.39 is 0 Å². The number of hydrogen-bond donors (Lipinski definition) is 1. The molecule has 0 spiro atoms. The van der Waals surface area contributed by atoms with Crippen molar-refractivity contribution >= 4 is 11.8 Å². The van der Waals surface area contributed by atoms with Gasteiger partial charge in [-0.05, 0) is 32.9 Å². The van der Waals surface area contributed by atoms with Crippen LogP contribution in [0.4, 0.5) is 0 Å². The second kappa shape index (κ2) is 7.23. The van der Waals surface area contributed by atoms with Crippen LogP contribution in [-0.2, 0) is 16.0 Å². The number of likely N-dealkylation sites (tertiary alicyclic amines) is 1. The average Bonchev–Trinajstić information content (AvgIpc) is 3.22. The number of nitrogens with zero attached hydrogens (tertiary/aromatic N) is 4. The molecule has 8 heteroatoms. The number of rotatable bonds is 5. The van der Waals surface area contributed by atoms with E-state index >= 15 is 0 Å². The minimum atomic E-state index is -0.312. The Hall–Kier alpha value is -2.77. The summed E-state index contributed by atoms with van der Waals surface area (Å²) in [5.74, 6) is 0.455. The van der Waals surface area contributed by atoms with Crippen LogP contribution < -0.4 is 5.32 Å². The third kappa shape index (κ3) is 4.07. The molecule has 8 nitrogen and oxygen atoms in total. The number of pyridine rings is 1. The maximum Gasteiger partial charge on any atom is 0.228 e. The fourth-order valence-electron chi connectivity index (χ4n) is 2.92. The van der Waals surface area contributed by atoms with E-state index in [0.29, 0.717) is 36.9 Å². The van der Waals surface area contributed by atoms with E-state index in [9.17, 15) is 9.59 Å². The van der Waals surface area contributed by atoms with Gasteiger partial charge in [0, 0.05) is 37.7 Å². The molecule has 2 aromatic heterocycles. The van der Waals surface area contributed by atoms with Crippen LogP contribution in [0.2, 0.25) is 0 Å². The van der Waals surface area contributed by atoms with E-state index in [1.165, 1.54) is 0 Å². The fraction of sp³-hybridized carbons (Fsp3) is 0.500. The number of carbonyl (C=O) groups excluding carboxylic acids is 2. The fourth-order valence-corrected chi connectivity index (χ4v) is 2.92. The van der Waals surface area contributed by atoms with Crippen molar-refractivity contribution in [3.8, 4) is 11.5 Å². The molecule has 1 N–H and O–H groups in total. The highest BCUT2D eigenvalue weighted by Gasteiger charge is 2.39. The highest BCUT2D eigenvalue weighted by molar-refractivity contribution is 5.89. The summed E-state index contributed by atoms with van der Waals surface area (Å²) >= 11 is 0. The zero-order valence-corrected chi connectivity index (χ0v) is 15.2. The van der Waals surface area contributed by atoms with Gasteiger partial charge in [0.2, 0.25) is 23.5 Å². The van der Waals surface area contributed by atoms with Gasteiger partial charge < -0.3 is 14.7 Å². The van der Waals surface area contributed by atoms with Crippen molar-refractivity contribution in [2.24, 2.45) is 5.92 Å². The molecule has 2 amide bonds. The molecular weight excluding hydrogens is 334 g/mol. The minimum absolute atomic E-state index is 0.0227. The number of amides is 2. The summed E-state index contributed by atoms with van der Waals surface area (Å²) in [6.45, 7) is 6.75. The Labute approximate surface area is 152 Å². The first-order valence-electron chi connectivity index (χ1n) is 8.67. The third-order valence-corrected chi connectivity index (χ3v) is 4.31. The maximum absolute atomic E-state index is 12.3. The van der Waals surface area contributed by atoms with Crippen molar-refractivity contribution in [3.63, 3.8) is 0 Å². The Morgan fingerprint density at radius 3 is 2.85 bits per heavy atom. The lowest BCUT2D eigenvalue weighted by atomic mass is 10.1. The van der Waals surface area contributed by atoms with Crippen molar-refractivity contribution in [2.45, 2.75) is 39.2 Å². The Morgan fingerprint density at radius 1 is 1.38 bits per heavy atom. The third-order valence-electron chi connectivity index (χ3n) is 4.31. The summed E-state index contributed by atoms with van der Waals surface area (Å²) in [5.41, 5.74) is 0.371. The highest BCUT2D eigenvalue weighted by Crippen LogP contribution is 2.25. The Morgan fingerprint density at radius 2 is 2.19 bits per heavy atom. The summed E-state index contributed by atoms with van der Waals surface area (Å²) in [6, 6.07) is 5.46. The zero-order chi connectivity index (χ0) is 18.7. The Balaban J connectivity index is 1.49. The van der Waals surface area contributed by atoms with Crippen LogP contribution >= 0.6 is 0 Å². The van der Waals surface area contributed by atoms with Gasteiger partial charge in [-0.25, -0.2) is 0 Å². The SMILES string of the molecule is CC(C)(C)N1CC(C(=O)NCCc2nc(-c3ccccn3)no2)CC1=O. The molecule has 0 saturated carbocycles. The van der Waals surface area contributed by atoms with Gasteiger partial charge in [-0.3, -0.25) is 14.6 Å². The van der Waals surface area contributed by atoms with E-state index in [-0.39, 0.29) is 29.7 Å². The molecule has 0 aliphatic carbocycles. The van der Waals surface area contributed by atoms with E-state index in [1.54, 1.807) is 17.2 Å². The van der Waals surface area contributed by atoms with Crippen molar-refractivity contribution < 1.29 is 14.1 Å². The van der Waals surface area contributed by atoms with Crippen LogP contribution in [0.15, 0.2) is 28.9 Å². The van der Waals surface area contributed by atoms with Gasteiger partial charge in [-0.2, -0.15) is 4.98 Å².